The van der Waals surface area contributed by atoms with Crippen molar-refractivity contribution in [3.05, 3.63) is 18.4 Å². The van der Waals surface area contributed by atoms with E-state index in [2.05, 4.69) is 4.74 Å². The molecule has 0 aliphatic carbocycles. The summed E-state index contributed by atoms with van der Waals surface area (Å²) in [5.41, 5.74) is 0. The van der Waals surface area contributed by atoms with Gasteiger partial charge in [-0.05, 0) is 6.07 Å². The number of carbonyl (C=O) groups excluding carboxylic acids is 2. The van der Waals surface area contributed by atoms with Gasteiger partial charge in [0.15, 0.2) is 6.61 Å². The zero-order valence-corrected chi connectivity index (χ0v) is 6.02. The monoisotopic (exact) mass is 167 g/mol. The average Bonchev–Trinajstić information content (AvgIpc) is 2.61. The van der Waals surface area contributed by atoms with Gasteiger partial charge in [-0.3, -0.25) is 4.79 Å². The van der Waals surface area contributed by atoms with Crippen molar-refractivity contribution in [3.8, 4) is 0 Å². The first-order chi connectivity index (χ1) is 5.79. The Morgan fingerprint density at radius 3 is 2.75 bits per heavy atom. The van der Waals surface area contributed by atoms with E-state index in [1.165, 1.54) is 12.3 Å². The summed E-state index contributed by atoms with van der Waals surface area (Å²) >= 11 is 0. The minimum atomic E-state index is -0.685. The van der Waals surface area contributed by atoms with Crippen LogP contribution in [-0.2, 0) is 9.53 Å². The third-order valence-corrected chi connectivity index (χ3v) is 1.48. The second kappa shape index (κ2) is 2.37. The molecule has 0 radical (unpaired) electrons. The summed E-state index contributed by atoms with van der Waals surface area (Å²) < 4.78 is 9.34. The Kier molecular flexibility index (Phi) is 1.36. The number of hydrogen-bond acceptors (Lipinski definition) is 4. The molecule has 1 fully saturated rings. The SMILES string of the molecule is O=C1COC(=O)N1c1ccco1. The van der Waals surface area contributed by atoms with Crippen LogP contribution >= 0.6 is 0 Å². The summed E-state index contributed by atoms with van der Waals surface area (Å²) in [4.78, 5) is 22.8. The molecule has 5 nitrogen and oxygen atoms in total. The van der Waals surface area contributed by atoms with Crippen LogP contribution < -0.4 is 4.90 Å². The predicted molar refractivity (Wildman–Crippen MR) is 37.5 cm³/mol. The van der Waals surface area contributed by atoms with Gasteiger partial charge in [-0.25, -0.2) is 4.79 Å². The highest BCUT2D eigenvalue weighted by Crippen LogP contribution is 2.19. The molecular weight excluding hydrogens is 162 g/mol. The Hall–Kier alpha value is -1.78. The Morgan fingerprint density at radius 2 is 2.25 bits per heavy atom. The van der Waals surface area contributed by atoms with Crippen LogP contribution in [0.4, 0.5) is 10.7 Å². The Bertz CT molecular complexity index is 300. The number of furan rings is 1. The Morgan fingerprint density at radius 1 is 1.42 bits per heavy atom. The fourth-order valence-corrected chi connectivity index (χ4v) is 0.964. The lowest BCUT2D eigenvalue weighted by molar-refractivity contribution is -0.117. The maximum atomic E-state index is 11.0. The first kappa shape index (κ1) is 6.90. The summed E-state index contributed by atoms with van der Waals surface area (Å²) in [5, 5.41) is 0. The van der Waals surface area contributed by atoms with E-state index in [1.807, 2.05) is 0 Å². The molecule has 5 heteroatoms. The molecule has 2 rings (SSSR count). The van der Waals surface area contributed by atoms with Crippen molar-refractivity contribution in [2.75, 3.05) is 11.5 Å². The summed E-state index contributed by atoms with van der Waals surface area (Å²) in [5.74, 6) is -0.211. The van der Waals surface area contributed by atoms with Crippen molar-refractivity contribution >= 4 is 17.9 Å². The average molecular weight is 167 g/mol. The van der Waals surface area contributed by atoms with Crippen molar-refractivity contribution < 1.29 is 18.7 Å². The van der Waals surface area contributed by atoms with E-state index in [0.717, 1.165) is 4.90 Å². The van der Waals surface area contributed by atoms with Crippen LogP contribution in [-0.4, -0.2) is 18.6 Å². The fourth-order valence-electron chi connectivity index (χ4n) is 0.964. The van der Waals surface area contributed by atoms with Gasteiger partial charge in [-0.15, -0.1) is 0 Å². The van der Waals surface area contributed by atoms with E-state index < -0.39 is 12.0 Å². The number of imide groups is 1. The Labute approximate surface area is 67.5 Å². The van der Waals surface area contributed by atoms with Gasteiger partial charge in [-0.2, -0.15) is 4.90 Å². The van der Waals surface area contributed by atoms with Crippen LogP contribution in [0.2, 0.25) is 0 Å². The number of anilines is 1. The lowest BCUT2D eigenvalue weighted by Crippen LogP contribution is -2.27. The maximum absolute atomic E-state index is 11.0. The van der Waals surface area contributed by atoms with Crippen molar-refractivity contribution in [3.63, 3.8) is 0 Å². The Balaban J connectivity index is 2.34. The van der Waals surface area contributed by atoms with Gasteiger partial charge in [-0.1, -0.05) is 0 Å². The summed E-state index contributed by atoms with van der Waals surface area (Å²) in [7, 11) is 0. The minimum absolute atomic E-state index is 0.197. The maximum Gasteiger partial charge on any atom is 0.424 e. The van der Waals surface area contributed by atoms with Crippen molar-refractivity contribution in [2.24, 2.45) is 0 Å². The van der Waals surface area contributed by atoms with Crippen molar-refractivity contribution in [2.45, 2.75) is 0 Å². The molecule has 62 valence electrons. The minimum Gasteiger partial charge on any atom is -0.448 e. The van der Waals surface area contributed by atoms with Crippen LogP contribution in [0.25, 0.3) is 0 Å². The molecule has 1 saturated heterocycles. The second-order valence-electron chi connectivity index (χ2n) is 2.24. The predicted octanol–water partition coefficient (Wildman–Crippen LogP) is 0.763. The van der Waals surface area contributed by atoms with Crippen LogP contribution in [0, 0.1) is 0 Å². The number of hydrogen-bond donors (Lipinski definition) is 0. The fraction of sp³-hybridized carbons (Fsp3) is 0.143. The van der Waals surface area contributed by atoms with Gasteiger partial charge in [0, 0.05) is 6.07 Å². The number of rotatable bonds is 1. The molecule has 0 unspecified atom stereocenters. The van der Waals surface area contributed by atoms with Gasteiger partial charge < -0.3 is 9.15 Å². The van der Waals surface area contributed by atoms with E-state index in [0.29, 0.717) is 0 Å². The number of carbonyl (C=O) groups is 2. The van der Waals surface area contributed by atoms with Crippen LogP contribution in [0.15, 0.2) is 22.8 Å². The van der Waals surface area contributed by atoms with Gasteiger partial charge >= 0.3 is 6.09 Å². The van der Waals surface area contributed by atoms with Gasteiger partial charge in [0.2, 0.25) is 5.88 Å². The third kappa shape index (κ3) is 0.868. The largest absolute Gasteiger partial charge is 0.448 e. The normalized spacial score (nSPS) is 16.8. The lowest BCUT2D eigenvalue weighted by atomic mass is 10.5. The quantitative estimate of drug-likeness (QED) is 0.619. The molecule has 0 aromatic carbocycles. The molecule has 0 atom stereocenters. The van der Waals surface area contributed by atoms with Crippen molar-refractivity contribution in [1.29, 1.82) is 0 Å². The highest BCUT2D eigenvalue weighted by Gasteiger charge is 2.34. The number of amides is 2. The van der Waals surface area contributed by atoms with Gasteiger partial charge in [0.25, 0.3) is 5.91 Å². The van der Waals surface area contributed by atoms with Crippen LogP contribution in [0.1, 0.15) is 0 Å². The molecule has 0 bridgehead atoms. The topological polar surface area (TPSA) is 59.8 Å². The van der Waals surface area contributed by atoms with Gasteiger partial charge in [0.05, 0.1) is 6.26 Å². The summed E-state index contributed by atoms with van der Waals surface area (Å²) in [6, 6.07) is 3.11. The van der Waals surface area contributed by atoms with Gasteiger partial charge in [0.1, 0.15) is 0 Å². The summed E-state index contributed by atoms with van der Waals surface area (Å²) in [6.45, 7) is -0.209. The summed E-state index contributed by atoms with van der Waals surface area (Å²) in [6.07, 6.45) is 0.698. The highest BCUT2D eigenvalue weighted by atomic mass is 16.6. The molecule has 0 saturated carbocycles. The van der Waals surface area contributed by atoms with E-state index in [4.69, 9.17) is 4.42 Å². The molecule has 0 spiro atoms. The number of cyclic esters (lactones) is 1. The molecule has 2 amide bonds. The molecular formula is C7H5NO4. The molecule has 1 aliphatic heterocycles. The molecule has 0 N–H and O–H groups in total. The first-order valence-electron chi connectivity index (χ1n) is 3.32. The molecule has 1 aromatic rings. The zero-order chi connectivity index (χ0) is 8.55. The van der Waals surface area contributed by atoms with Crippen molar-refractivity contribution in [1.82, 2.24) is 0 Å². The standard InChI is InChI=1S/C7H5NO4/c9-5-4-12-7(10)8(5)6-2-1-3-11-6/h1-3H,4H2. The molecule has 12 heavy (non-hydrogen) atoms. The second-order valence-corrected chi connectivity index (χ2v) is 2.24. The van der Waals surface area contributed by atoms with E-state index in [-0.39, 0.29) is 12.5 Å². The van der Waals surface area contributed by atoms with E-state index in [1.54, 1.807) is 6.07 Å². The number of nitrogens with zero attached hydrogens (tertiary/aromatic N) is 1. The molecule has 1 aliphatic rings. The molecule has 2 heterocycles. The first-order valence-corrected chi connectivity index (χ1v) is 3.32. The van der Waals surface area contributed by atoms with Crippen LogP contribution in [0.3, 0.4) is 0 Å². The smallest absolute Gasteiger partial charge is 0.424 e. The molecule has 1 aromatic heterocycles. The highest BCUT2D eigenvalue weighted by molar-refractivity contribution is 6.15. The zero-order valence-electron chi connectivity index (χ0n) is 6.02. The van der Waals surface area contributed by atoms with E-state index in [9.17, 15) is 9.59 Å². The third-order valence-electron chi connectivity index (χ3n) is 1.48. The van der Waals surface area contributed by atoms with E-state index >= 15 is 0 Å². The van der Waals surface area contributed by atoms with Crippen LogP contribution in [0.5, 0.6) is 0 Å². The lowest BCUT2D eigenvalue weighted by Gasteiger charge is -2.04. The number of ether oxygens (including phenoxy) is 1.